The van der Waals surface area contributed by atoms with Gasteiger partial charge in [-0.05, 0) is 58.2 Å². The maximum Gasteiger partial charge on any atom is 0.401 e. The summed E-state index contributed by atoms with van der Waals surface area (Å²) < 4.78 is 38.1. The van der Waals surface area contributed by atoms with Gasteiger partial charge in [0.1, 0.15) is 0 Å². The number of halogens is 4. The molecule has 0 spiro atoms. The number of nitrogens with zero attached hydrogens (tertiary/aromatic N) is 4. The van der Waals surface area contributed by atoms with E-state index in [0.717, 1.165) is 45.1 Å². The molecule has 2 saturated heterocycles. The number of alkyl halides is 3. The summed E-state index contributed by atoms with van der Waals surface area (Å²) in [5.74, 6) is 1.78. The molecule has 0 aromatic carbocycles. The topological polar surface area (TPSA) is 34.1 Å². The average molecular weight is 519 g/mol. The minimum absolute atomic E-state index is 0. The minimum atomic E-state index is -4.13. The van der Waals surface area contributed by atoms with Gasteiger partial charge in [-0.15, -0.1) is 24.0 Å². The van der Waals surface area contributed by atoms with Crippen LogP contribution in [-0.4, -0.2) is 92.8 Å². The number of likely N-dealkylation sites (tertiary alicyclic amines) is 2. The first-order valence-electron chi connectivity index (χ1n) is 10.3. The molecule has 2 atom stereocenters. The molecule has 5 nitrogen and oxygen atoms in total. The molecule has 1 N–H and O–H groups in total. The van der Waals surface area contributed by atoms with E-state index in [2.05, 4.69) is 29.1 Å². The Hall–Kier alpha value is -0.290. The highest BCUT2D eigenvalue weighted by molar-refractivity contribution is 14.0. The monoisotopic (exact) mass is 519 g/mol. The number of nitrogens with one attached hydrogen (secondary N) is 1. The molecule has 0 saturated carbocycles. The van der Waals surface area contributed by atoms with Crippen molar-refractivity contribution in [2.75, 3.05) is 66.0 Å². The zero-order valence-corrected chi connectivity index (χ0v) is 19.8. The maximum atomic E-state index is 12.7. The molecule has 0 aromatic rings. The van der Waals surface area contributed by atoms with E-state index in [4.69, 9.17) is 4.99 Å². The predicted molar refractivity (Wildman–Crippen MR) is 119 cm³/mol. The molecule has 0 aliphatic carbocycles. The van der Waals surface area contributed by atoms with E-state index >= 15 is 0 Å². The highest BCUT2D eigenvalue weighted by atomic mass is 127. The molecule has 2 heterocycles. The minimum Gasteiger partial charge on any atom is -0.357 e. The van der Waals surface area contributed by atoms with Crippen molar-refractivity contribution in [3.63, 3.8) is 0 Å². The van der Waals surface area contributed by atoms with Gasteiger partial charge in [-0.25, -0.2) is 0 Å². The van der Waals surface area contributed by atoms with Crippen LogP contribution in [0.5, 0.6) is 0 Å². The lowest BCUT2D eigenvalue weighted by molar-refractivity contribution is -0.146. The Morgan fingerprint density at radius 3 is 2.50 bits per heavy atom. The smallest absolute Gasteiger partial charge is 0.357 e. The van der Waals surface area contributed by atoms with E-state index in [-0.39, 0.29) is 29.9 Å². The molecular formula is C19H37F3IN5. The molecule has 2 unspecified atom stereocenters. The van der Waals surface area contributed by atoms with Gasteiger partial charge in [-0.1, -0.05) is 6.92 Å². The number of piperidine rings is 1. The molecule has 0 aromatic heterocycles. The van der Waals surface area contributed by atoms with Crippen LogP contribution >= 0.6 is 24.0 Å². The Balaban J connectivity index is 0.00000392. The molecule has 2 fully saturated rings. The number of guanidine groups is 1. The third-order valence-electron chi connectivity index (χ3n) is 5.51. The molecule has 2 rings (SSSR count). The predicted octanol–water partition coefficient (Wildman–Crippen LogP) is 3.12. The first-order valence-corrected chi connectivity index (χ1v) is 10.3. The molecule has 2 aliphatic rings. The quantitative estimate of drug-likeness (QED) is 0.319. The SMILES string of the molecule is CCNC(=NCC1CCCN(C)C1)N1CCC(CN(CC)CC(F)(F)F)C1.I. The fourth-order valence-electron chi connectivity index (χ4n) is 4.16. The summed E-state index contributed by atoms with van der Waals surface area (Å²) in [6.07, 6.45) is -0.757. The number of hydrogen-bond acceptors (Lipinski definition) is 3. The Bertz CT molecular complexity index is 475. The van der Waals surface area contributed by atoms with Crippen molar-refractivity contribution in [2.24, 2.45) is 16.8 Å². The second-order valence-electron chi connectivity index (χ2n) is 8.01. The third-order valence-corrected chi connectivity index (χ3v) is 5.51. The molecule has 0 amide bonds. The van der Waals surface area contributed by atoms with Gasteiger partial charge in [-0.3, -0.25) is 9.89 Å². The van der Waals surface area contributed by atoms with Crippen LogP contribution in [-0.2, 0) is 0 Å². The van der Waals surface area contributed by atoms with Gasteiger partial charge in [0, 0.05) is 39.3 Å². The summed E-state index contributed by atoms with van der Waals surface area (Å²) in [4.78, 5) is 11.0. The van der Waals surface area contributed by atoms with Crippen LogP contribution < -0.4 is 5.32 Å². The van der Waals surface area contributed by atoms with Crippen LogP contribution in [0.3, 0.4) is 0 Å². The second kappa shape index (κ2) is 12.4. The fraction of sp³-hybridized carbons (Fsp3) is 0.947. The van der Waals surface area contributed by atoms with Gasteiger partial charge in [0.05, 0.1) is 6.54 Å². The van der Waals surface area contributed by atoms with E-state index in [1.54, 1.807) is 6.92 Å². The van der Waals surface area contributed by atoms with E-state index in [0.29, 0.717) is 19.0 Å². The van der Waals surface area contributed by atoms with Crippen LogP contribution in [0.2, 0.25) is 0 Å². The van der Waals surface area contributed by atoms with Crippen molar-refractivity contribution in [3.05, 3.63) is 0 Å². The Morgan fingerprint density at radius 2 is 1.89 bits per heavy atom. The molecular weight excluding hydrogens is 482 g/mol. The first-order chi connectivity index (χ1) is 12.8. The number of aliphatic imine (C=N–C) groups is 1. The second-order valence-corrected chi connectivity index (χ2v) is 8.01. The number of rotatable bonds is 7. The number of hydrogen-bond donors (Lipinski definition) is 1. The zero-order valence-electron chi connectivity index (χ0n) is 17.5. The van der Waals surface area contributed by atoms with Crippen molar-refractivity contribution in [3.8, 4) is 0 Å². The largest absolute Gasteiger partial charge is 0.401 e. The lowest BCUT2D eigenvalue weighted by Gasteiger charge is -2.29. The van der Waals surface area contributed by atoms with Crippen LogP contribution in [0, 0.1) is 11.8 Å². The summed E-state index contributed by atoms with van der Waals surface area (Å²) in [6.45, 7) is 9.50. The maximum absolute atomic E-state index is 12.7. The molecule has 9 heteroatoms. The molecule has 0 bridgehead atoms. The normalized spacial score (nSPS) is 24.5. The zero-order chi connectivity index (χ0) is 19.9. The first kappa shape index (κ1) is 25.7. The lowest BCUT2D eigenvalue weighted by atomic mass is 9.99. The average Bonchev–Trinajstić information content (AvgIpc) is 3.05. The van der Waals surface area contributed by atoms with Crippen molar-refractivity contribution in [1.82, 2.24) is 20.0 Å². The molecule has 166 valence electrons. The third kappa shape index (κ3) is 9.02. The van der Waals surface area contributed by atoms with Crippen molar-refractivity contribution >= 4 is 29.9 Å². The fourth-order valence-corrected chi connectivity index (χ4v) is 4.16. The Labute approximate surface area is 185 Å². The van der Waals surface area contributed by atoms with Crippen molar-refractivity contribution < 1.29 is 13.2 Å². The molecule has 2 aliphatic heterocycles. The van der Waals surface area contributed by atoms with Gasteiger partial charge < -0.3 is 15.1 Å². The summed E-state index contributed by atoms with van der Waals surface area (Å²) >= 11 is 0. The Kier molecular flexibility index (Phi) is 11.4. The van der Waals surface area contributed by atoms with E-state index in [1.807, 2.05) is 0 Å². The van der Waals surface area contributed by atoms with E-state index < -0.39 is 12.7 Å². The summed E-state index contributed by atoms with van der Waals surface area (Å²) in [6, 6.07) is 0. The van der Waals surface area contributed by atoms with Gasteiger partial charge >= 0.3 is 6.18 Å². The van der Waals surface area contributed by atoms with Crippen LogP contribution in [0.1, 0.15) is 33.1 Å². The van der Waals surface area contributed by atoms with Crippen LogP contribution in [0.4, 0.5) is 13.2 Å². The van der Waals surface area contributed by atoms with Gasteiger partial charge in [0.2, 0.25) is 0 Å². The summed E-state index contributed by atoms with van der Waals surface area (Å²) in [5, 5.41) is 3.37. The van der Waals surface area contributed by atoms with Crippen molar-refractivity contribution in [2.45, 2.75) is 39.3 Å². The van der Waals surface area contributed by atoms with Gasteiger partial charge in [-0.2, -0.15) is 13.2 Å². The Morgan fingerprint density at radius 1 is 1.14 bits per heavy atom. The highest BCUT2D eigenvalue weighted by Gasteiger charge is 2.33. The van der Waals surface area contributed by atoms with E-state index in [1.165, 1.54) is 24.3 Å². The van der Waals surface area contributed by atoms with E-state index in [9.17, 15) is 13.2 Å². The van der Waals surface area contributed by atoms with Crippen molar-refractivity contribution in [1.29, 1.82) is 0 Å². The molecule has 28 heavy (non-hydrogen) atoms. The molecule has 0 radical (unpaired) electrons. The summed E-state index contributed by atoms with van der Waals surface area (Å²) in [5.41, 5.74) is 0. The standard InChI is InChI=1S/C19H36F3N5.HI/c1-4-23-18(24-11-16-7-6-9-25(3)12-16)27-10-8-17(14-27)13-26(5-2)15-19(20,21)22;/h16-17H,4-15H2,1-3H3,(H,23,24);1H. The summed E-state index contributed by atoms with van der Waals surface area (Å²) in [7, 11) is 2.16. The van der Waals surface area contributed by atoms with Gasteiger partial charge in [0.15, 0.2) is 5.96 Å². The van der Waals surface area contributed by atoms with Crippen LogP contribution in [0.15, 0.2) is 4.99 Å². The van der Waals surface area contributed by atoms with Crippen LogP contribution in [0.25, 0.3) is 0 Å². The van der Waals surface area contributed by atoms with Gasteiger partial charge in [0.25, 0.3) is 0 Å². The lowest BCUT2D eigenvalue weighted by Crippen LogP contribution is -2.42. The highest BCUT2D eigenvalue weighted by Crippen LogP contribution is 2.22.